The molecule has 4 aromatic rings. The number of hydrogen-bond acceptors (Lipinski definition) is 6. The van der Waals surface area contributed by atoms with Crippen molar-refractivity contribution in [2.24, 2.45) is 16.1 Å². The molecule has 0 spiro atoms. The molecule has 39 heavy (non-hydrogen) atoms. The summed E-state index contributed by atoms with van der Waals surface area (Å²) in [6.45, 7) is 5.75. The van der Waals surface area contributed by atoms with Crippen molar-refractivity contribution in [1.82, 2.24) is 4.57 Å². The third-order valence-electron chi connectivity index (χ3n) is 6.99. The molecular weight excluding hydrogens is 510 g/mol. The van der Waals surface area contributed by atoms with Gasteiger partial charge in [-0.05, 0) is 74.4 Å². The van der Waals surface area contributed by atoms with Gasteiger partial charge in [0.2, 0.25) is 0 Å². The number of hydrogen-bond donors (Lipinski definition) is 2. The summed E-state index contributed by atoms with van der Waals surface area (Å²) in [6.07, 6.45) is 3.22. The Morgan fingerprint density at radius 3 is 2.51 bits per heavy atom. The molecule has 1 aliphatic carbocycles. The Hall–Kier alpha value is -4.04. The molecule has 0 saturated heterocycles. The number of carbonyl (C=O) groups is 1. The highest BCUT2D eigenvalue weighted by Gasteiger charge is 2.43. The lowest BCUT2D eigenvalue weighted by Gasteiger charge is -2.19. The Bertz CT molecular complexity index is 1540. The minimum Gasteiger partial charge on any atom is -0.507 e. The zero-order valence-corrected chi connectivity index (χ0v) is 23.0. The molecule has 0 unspecified atom stereocenters. The number of amides is 1. The minimum atomic E-state index is -0.669. The van der Waals surface area contributed by atoms with Crippen molar-refractivity contribution in [2.45, 2.75) is 39.7 Å². The fourth-order valence-electron chi connectivity index (χ4n) is 4.85. The van der Waals surface area contributed by atoms with Crippen molar-refractivity contribution < 1.29 is 19.4 Å². The van der Waals surface area contributed by atoms with Gasteiger partial charge >= 0.3 is 0 Å². The highest BCUT2D eigenvalue weighted by Crippen LogP contribution is 2.50. The molecular formula is C31H33N3O4S. The number of nitrogens with two attached hydrogens (primary N) is 1. The average Bonchev–Trinajstić information content (AvgIpc) is 3.57. The first-order chi connectivity index (χ1) is 18.9. The van der Waals surface area contributed by atoms with Gasteiger partial charge in [0.15, 0.2) is 4.80 Å². The van der Waals surface area contributed by atoms with Crippen molar-refractivity contribution in [1.29, 1.82) is 0 Å². The molecule has 0 bridgehead atoms. The van der Waals surface area contributed by atoms with E-state index in [1.807, 2.05) is 49.6 Å². The van der Waals surface area contributed by atoms with Crippen molar-refractivity contribution in [3.05, 3.63) is 88.0 Å². The van der Waals surface area contributed by atoms with Crippen LogP contribution in [0.2, 0.25) is 0 Å². The van der Waals surface area contributed by atoms with Crippen LogP contribution in [0.25, 0.3) is 11.3 Å². The molecule has 1 fully saturated rings. The summed E-state index contributed by atoms with van der Waals surface area (Å²) in [4.78, 5) is 17.9. The molecule has 1 saturated carbocycles. The summed E-state index contributed by atoms with van der Waals surface area (Å²) in [7, 11) is 0. The second kappa shape index (κ2) is 11.4. The van der Waals surface area contributed by atoms with Gasteiger partial charge in [0, 0.05) is 23.6 Å². The van der Waals surface area contributed by atoms with Crippen LogP contribution in [0.1, 0.15) is 42.6 Å². The number of nitrogens with zero attached hydrogens (tertiary/aromatic N) is 2. The number of primary amides is 1. The predicted octanol–water partition coefficient (Wildman–Crippen LogP) is 6.07. The standard InChI is InChI=1S/C31H33N3O4S/c1-3-37-23-11-13-28(38-4-2)25(17-23)33-30-34(20-31(14-15-31)18-21-8-6-5-7-9-21)26(19-39-30)22-10-12-27(35)24(16-22)29(32)36/h5-13,16-17,19,35H,3-4,14-15,18,20H2,1-2H3,(H2,32,36). The molecule has 0 radical (unpaired) electrons. The van der Waals surface area contributed by atoms with E-state index in [1.165, 1.54) is 23.0 Å². The van der Waals surface area contributed by atoms with Crippen LogP contribution in [0.5, 0.6) is 17.2 Å². The Kier molecular flexibility index (Phi) is 7.74. The van der Waals surface area contributed by atoms with E-state index in [0.717, 1.165) is 47.6 Å². The zero-order valence-electron chi connectivity index (χ0n) is 22.2. The van der Waals surface area contributed by atoms with Crippen molar-refractivity contribution >= 4 is 22.9 Å². The SMILES string of the molecule is CCOc1ccc(OCC)c(N=c2scc(-c3ccc(O)c(C(N)=O)c3)n2CC2(Cc3ccccc3)CC2)c1. The van der Waals surface area contributed by atoms with Crippen LogP contribution in [-0.4, -0.2) is 28.8 Å². The summed E-state index contributed by atoms with van der Waals surface area (Å²) in [5, 5.41) is 12.2. The van der Waals surface area contributed by atoms with Gasteiger partial charge in [-0.25, -0.2) is 4.99 Å². The summed E-state index contributed by atoms with van der Waals surface area (Å²) < 4.78 is 13.9. The van der Waals surface area contributed by atoms with Gasteiger partial charge in [-0.15, -0.1) is 11.3 Å². The minimum absolute atomic E-state index is 0.0946. The van der Waals surface area contributed by atoms with E-state index in [9.17, 15) is 9.90 Å². The van der Waals surface area contributed by atoms with Crippen LogP contribution in [0.3, 0.4) is 0 Å². The number of thiazole rings is 1. The third-order valence-corrected chi connectivity index (χ3v) is 7.85. The van der Waals surface area contributed by atoms with Crippen LogP contribution >= 0.6 is 11.3 Å². The van der Waals surface area contributed by atoms with E-state index < -0.39 is 5.91 Å². The summed E-state index contributed by atoms with van der Waals surface area (Å²) in [6, 6.07) is 21.2. The number of phenols is 1. The number of aromatic nitrogens is 1. The molecule has 0 aliphatic heterocycles. The maximum atomic E-state index is 12.0. The van der Waals surface area contributed by atoms with Crippen LogP contribution in [0.15, 0.2) is 77.1 Å². The number of benzene rings is 3. The molecule has 3 aromatic carbocycles. The molecule has 1 heterocycles. The van der Waals surface area contributed by atoms with Gasteiger partial charge in [-0.3, -0.25) is 4.79 Å². The highest BCUT2D eigenvalue weighted by molar-refractivity contribution is 7.07. The van der Waals surface area contributed by atoms with Gasteiger partial charge in [0.25, 0.3) is 5.91 Å². The lowest BCUT2D eigenvalue weighted by atomic mass is 9.96. The number of aromatic hydroxyl groups is 1. The summed E-state index contributed by atoms with van der Waals surface area (Å²) in [5.41, 5.74) is 9.47. The van der Waals surface area contributed by atoms with E-state index in [2.05, 4.69) is 28.8 Å². The molecule has 5 rings (SSSR count). The lowest BCUT2D eigenvalue weighted by molar-refractivity contribution is 0.0998. The van der Waals surface area contributed by atoms with Crippen LogP contribution in [0.4, 0.5) is 5.69 Å². The quantitative estimate of drug-likeness (QED) is 0.240. The second-order valence-corrected chi connectivity index (χ2v) is 10.7. The molecule has 0 atom stereocenters. The van der Waals surface area contributed by atoms with Crippen LogP contribution in [-0.2, 0) is 13.0 Å². The lowest BCUT2D eigenvalue weighted by Crippen LogP contribution is -2.23. The van der Waals surface area contributed by atoms with Gasteiger partial charge in [0.05, 0.1) is 24.5 Å². The zero-order chi connectivity index (χ0) is 27.4. The van der Waals surface area contributed by atoms with Crippen LogP contribution < -0.4 is 20.0 Å². The first-order valence-electron chi connectivity index (χ1n) is 13.2. The van der Waals surface area contributed by atoms with Crippen molar-refractivity contribution in [3.63, 3.8) is 0 Å². The second-order valence-electron chi connectivity index (χ2n) is 9.86. The molecule has 1 aliphatic rings. The maximum absolute atomic E-state index is 12.0. The van der Waals surface area contributed by atoms with Crippen molar-refractivity contribution in [3.8, 4) is 28.5 Å². The van der Waals surface area contributed by atoms with E-state index in [0.29, 0.717) is 24.7 Å². The van der Waals surface area contributed by atoms with Gasteiger partial charge < -0.3 is 24.9 Å². The Labute approximate surface area is 232 Å². The van der Waals surface area contributed by atoms with Gasteiger partial charge in [0.1, 0.15) is 22.9 Å². The predicted molar refractivity (Wildman–Crippen MR) is 154 cm³/mol. The third kappa shape index (κ3) is 6.01. The Balaban J connectivity index is 1.63. The topological polar surface area (TPSA) is 99.1 Å². The fourth-order valence-corrected chi connectivity index (χ4v) is 5.77. The normalized spacial score (nSPS) is 14.3. The Morgan fingerprint density at radius 1 is 1.05 bits per heavy atom. The van der Waals surface area contributed by atoms with E-state index in [-0.39, 0.29) is 16.7 Å². The van der Waals surface area contributed by atoms with E-state index >= 15 is 0 Å². The first kappa shape index (κ1) is 26.6. The highest BCUT2D eigenvalue weighted by atomic mass is 32.1. The maximum Gasteiger partial charge on any atom is 0.252 e. The summed E-state index contributed by atoms with van der Waals surface area (Å²) in [5.74, 6) is 0.622. The molecule has 202 valence electrons. The van der Waals surface area contributed by atoms with E-state index in [1.54, 1.807) is 6.07 Å². The van der Waals surface area contributed by atoms with Gasteiger partial charge in [-0.2, -0.15) is 0 Å². The monoisotopic (exact) mass is 543 g/mol. The molecule has 8 heteroatoms. The Morgan fingerprint density at radius 2 is 1.82 bits per heavy atom. The largest absolute Gasteiger partial charge is 0.507 e. The number of rotatable bonds is 11. The fraction of sp³-hybridized carbons (Fsp3) is 0.290. The summed E-state index contributed by atoms with van der Waals surface area (Å²) >= 11 is 1.53. The number of ether oxygens (including phenoxy) is 2. The van der Waals surface area contributed by atoms with Gasteiger partial charge in [-0.1, -0.05) is 30.3 Å². The molecule has 1 aromatic heterocycles. The average molecular weight is 544 g/mol. The smallest absolute Gasteiger partial charge is 0.252 e. The molecule has 7 nitrogen and oxygen atoms in total. The molecule has 1 amide bonds. The van der Waals surface area contributed by atoms with Crippen molar-refractivity contribution in [2.75, 3.05) is 13.2 Å². The molecule has 3 N–H and O–H groups in total. The van der Waals surface area contributed by atoms with Crippen LogP contribution in [0, 0.1) is 5.41 Å². The first-order valence-corrected chi connectivity index (χ1v) is 14.1. The van der Waals surface area contributed by atoms with E-state index in [4.69, 9.17) is 20.2 Å². The number of carbonyl (C=O) groups excluding carboxylic acids is 1.